The summed E-state index contributed by atoms with van der Waals surface area (Å²) in [4.78, 5) is 2.46. The van der Waals surface area contributed by atoms with Crippen LogP contribution in [0.4, 0.5) is 5.69 Å². The molecule has 0 radical (unpaired) electrons. The number of sulfonamides is 1. The van der Waals surface area contributed by atoms with Gasteiger partial charge in [-0.15, -0.1) is 0 Å². The van der Waals surface area contributed by atoms with Gasteiger partial charge in [-0.3, -0.25) is 0 Å². The Morgan fingerprint density at radius 2 is 1.85 bits per heavy atom. The van der Waals surface area contributed by atoms with Crippen LogP contribution >= 0.6 is 0 Å². The Morgan fingerprint density at radius 1 is 1.20 bits per heavy atom. The zero-order valence-electron chi connectivity index (χ0n) is 12.5. The van der Waals surface area contributed by atoms with Crippen LogP contribution in [-0.2, 0) is 16.4 Å². The number of likely N-dealkylation sites (N-methyl/N-ethyl adjacent to an activating group) is 1. The van der Waals surface area contributed by atoms with Crippen LogP contribution in [0.1, 0.15) is 26.3 Å². The van der Waals surface area contributed by atoms with E-state index >= 15 is 0 Å². The Kier molecular flexibility index (Phi) is 6.45. The van der Waals surface area contributed by atoms with Crippen molar-refractivity contribution in [1.82, 2.24) is 9.62 Å². The summed E-state index contributed by atoms with van der Waals surface area (Å²) in [6.07, 6.45) is 0.659. The van der Waals surface area contributed by atoms with E-state index in [1.54, 1.807) is 12.1 Å². The molecule has 0 saturated heterocycles. The van der Waals surface area contributed by atoms with Gasteiger partial charge in [0.1, 0.15) is 0 Å². The minimum Gasteiger partial charge on any atom is -0.399 e. The van der Waals surface area contributed by atoms with E-state index in [4.69, 9.17) is 5.73 Å². The number of benzene rings is 1. The van der Waals surface area contributed by atoms with Crippen molar-refractivity contribution in [2.24, 2.45) is 0 Å². The molecule has 20 heavy (non-hydrogen) atoms. The number of aryl methyl sites for hydroxylation is 1. The SMILES string of the molecule is CCc1ccc(N)cc1S(=O)(=O)NCCN(CC)CC. The van der Waals surface area contributed by atoms with Crippen molar-refractivity contribution in [1.29, 1.82) is 0 Å². The minimum atomic E-state index is -3.49. The maximum absolute atomic E-state index is 12.3. The predicted octanol–water partition coefficient (Wildman–Crippen LogP) is 1.45. The summed E-state index contributed by atoms with van der Waals surface area (Å²) in [6, 6.07) is 5.03. The maximum Gasteiger partial charge on any atom is 0.240 e. The molecule has 0 heterocycles. The molecule has 0 amide bonds. The number of nitrogens with zero attached hydrogens (tertiary/aromatic N) is 1. The second-order valence-electron chi connectivity index (χ2n) is 4.65. The third-order valence-corrected chi connectivity index (χ3v) is 4.92. The van der Waals surface area contributed by atoms with Gasteiger partial charge < -0.3 is 10.6 Å². The van der Waals surface area contributed by atoms with Crippen molar-refractivity contribution >= 4 is 15.7 Å². The zero-order chi connectivity index (χ0) is 15.2. The molecule has 5 nitrogen and oxygen atoms in total. The van der Waals surface area contributed by atoms with E-state index < -0.39 is 10.0 Å². The monoisotopic (exact) mass is 299 g/mol. The van der Waals surface area contributed by atoms with Crippen LogP contribution in [-0.4, -0.2) is 39.5 Å². The number of hydrogen-bond donors (Lipinski definition) is 2. The quantitative estimate of drug-likeness (QED) is 0.712. The fourth-order valence-corrected chi connectivity index (χ4v) is 3.43. The van der Waals surface area contributed by atoms with Crippen molar-refractivity contribution in [3.63, 3.8) is 0 Å². The van der Waals surface area contributed by atoms with E-state index in [0.717, 1.165) is 18.7 Å². The van der Waals surface area contributed by atoms with Crippen LogP contribution in [0.3, 0.4) is 0 Å². The van der Waals surface area contributed by atoms with Gasteiger partial charge >= 0.3 is 0 Å². The summed E-state index contributed by atoms with van der Waals surface area (Å²) in [5, 5.41) is 0. The lowest BCUT2D eigenvalue weighted by atomic mass is 10.1. The second kappa shape index (κ2) is 7.61. The van der Waals surface area contributed by atoms with Gasteiger partial charge in [-0.05, 0) is 37.2 Å². The molecule has 0 aliphatic heterocycles. The van der Waals surface area contributed by atoms with Crippen molar-refractivity contribution in [3.05, 3.63) is 23.8 Å². The molecule has 3 N–H and O–H groups in total. The number of hydrogen-bond acceptors (Lipinski definition) is 4. The van der Waals surface area contributed by atoms with Crippen LogP contribution in [0.15, 0.2) is 23.1 Å². The molecule has 1 rings (SSSR count). The highest BCUT2D eigenvalue weighted by molar-refractivity contribution is 7.89. The summed E-state index contributed by atoms with van der Waals surface area (Å²) >= 11 is 0. The lowest BCUT2D eigenvalue weighted by Gasteiger charge is -2.18. The van der Waals surface area contributed by atoms with Gasteiger partial charge in [-0.2, -0.15) is 0 Å². The van der Waals surface area contributed by atoms with Crippen LogP contribution in [0.5, 0.6) is 0 Å². The first-order valence-corrected chi connectivity index (χ1v) is 8.53. The first-order valence-electron chi connectivity index (χ1n) is 7.05. The summed E-state index contributed by atoms with van der Waals surface area (Å²) in [6.45, 7) is 8.99. The molecule has 6 heteroatoms. The number of nitrogens with one attached hydrogen (secondary N) is 1. The summed E-state index contributed by atoms with van der Waals surface area (Å²) in [5.74, 6) is 0. The summed E-state index contributed by atoms with van der Waals surface area (Å²) in [7, 11) is -3.49. The Morgan fingerprint density at radius 3 is 2.40 bits per heavy atom. The van der Waals surface area contributed by atoms with E-state index in [9.17, 15) is 8.42 Å². The van der Waals surface area contributed by atoms with Crippen LogP contribution in [0.2, 0.25) is 0 Å². The van der Waals surface area contributed by atoms with Crippen LogP contribution in [0, 0.1) is 0 Å². The first-order chi connectivity index (χ1) is 9.44. The maximum atomic E-state index is 12.3. The predicted molar refractivity (Wildman–Crippen MR) is 83.2 cm³/mol. The largest absolute Gasteiger partial charge is 0.399 e. The average Bonchev–Trinajstić information content (AvgIpc) is 2.43. The third-order valence-electron chi connectivity index (χ3n) is 3.38. The van der Waals surface area contributed by atoms with Gasteiger partial charge in [-0.25, -0.2) is 13.1 Å². The summed E-state index contributed by atoms with van der Waals surface area (Å²) in [5.41, 5.74) is 6.95. The lowest BCUT2D eigenvalue weighted by Crippen LogP contribution is -2.35. The van der Waals surface area contributed by atoms with E-state index in [-0.39, 0.29) is 0 Å². The first kappa shape index (κ1) is 16.9. The number of nitrogen functional groups attached to an aromatic ring is 1. The van der Waals surface area contributed by atoms with Gasteiger partial charge in [0.05, 0.1) is 4.90 Å². The average molecular weight is 299 g/mol. The molecule has 1 aromatic rings. The molecule has 0 atom stereocenters. The Hall–Kier alpha value is -1.11. The van der Waals surface area contributed by atoms with Crippen LogP contribution in [0.25, 0.3) is 0 Å². The van der Waals surface area contributed by atoms with Crippen LogP contribution < -0.4 is 10.5 Å². The van der Waals surface area contributed by atoms with E-state index in [2.05, 4.69) is 23.5 Å². The minimum absolute atomic E-state index is 0.291. The molecule has 0 aliphatic rings. The fourth-order valence-electron chi connectivity index (χ4n) is 2.07. The normalized spacial score (nSPS) is 12.0. The van der Waals surface area contributed by atoms with Crippen molar-refractivity contribution < 1.29 is 8.42 Å². The number of rotatable bonds is 8. The molecule has 0 aliphatic carbocycles. The van der Waals surface area contributed by atoms with Gasteiger partial charge in [-0.1, -0.05) is 26.8 Å². The molecule has 114 valence electrons. The highest BCUT2D eigenvalue weighted by Gasteiger charge is 2.17. The molecule has 0 aromatic heterocycles. The molecular weight excluding hydrogens is 274 g/mol. The standard InChI is InChI=1S/C14H25N3O2S/c1-4-12-7-8-13(15)11-14(12)20(18,19)16-9-10-17(5-2)6-3/h7-8,11,16H,4-6,9-10,15H2,1-3H3. The van der Waals surface area contributed by atoms with Crippen molar-refractivity contribution in [2.45, 2.75) is 32.1 Å². The fraction of sp³-hybridized carbons (Fsp3) is 0.571. The Bertz CT molecular complexity index is 525. The smallest absolute Gasteiger partial charge is 0.240 e. The summed E-state index contributed by atoms with van der Waals surface area (Å²) < 4.78 is 27.3. The molecule has 0 spiro atoms. The van der Waals surface area contributed by atoms with Gasteiger partial charge in [0.25, 0.3) is 0 Å². The molecule has 0 fully saturated rings. The van der Waals surface area contributed by atoms with Gasteiger partial charge in [0.15, 0.2) is 0 Å². The van der Waals surface area contributed by atoms with Gasteiger partial charge in [0.2, 0.25) is 10.0 Å². The molecule has 0 bridgehead atoms. The lowest BCUT2D eigenvalue weighted by molar-refractivity contribution is 0.309. The second-order valence-corrected chi connectivity index (χ2v) is 6.38. The number of nitrogens with two attached hydrogens (primary N) is 1. The topological polar surface area (TPSA) is 75.4 Å². The Balaban J connectivity index is 2.81. The highest BCUT2D eigenvalue weighted by atomic mass is 32.2. The third kappa shape index (κ3) is 4.47. The van der Waals surface area contributed by atoms with Gasteiger partial charge in [0, 0.05) is 18.8 Å². The Labute approximate surface area is 122 Å². The molecule has 1 aromatic carbocycles. The zero-order valence-corrected chi connectivity index (χ0v) is 13.3. The van der Waals surface area contributed by atoms with Crippen molar-refractivity contribution in [3.8, 4) is 0 Å². The van der Waals surface area contributed by atoms with E-state index in [1.165, 1.54) is 6.07 Å². The molecule has 0 saturated carbocycles. The van der Waals surface area contributed by atoms with E-state index in [1.807, 2.05) is 6.92 Å². The number of anilines is 1. The van der Waals surface area contributed by atoms with E-state index in [0.29, 0.717) is 30.1 Å². The van der Waals surface area contributed by atoms with Crippen molar-refractivity contribution in [2.75, 3.05) is 31.9 Å². The molecule has 0 unspecified atom stereocenters. The molecular formula is C14H25N3O2S. The highest BCUT2D eigenvalue weighted by Crippen LogP contribution is 2.19.